The SMILES string of the molecule is COC(=O)[C@H]1CCCC[C@H]1C(=O)Cl. The van der Waals surface area contributed by atoms with E-state index in [2.05, 4.69) is 4.74 Å². The number of hydrogen-bond donors (Lipinski definition) is 0. The summed E-state index contributed by atoms with van der Waals surface area (Å²) in [5.74, 6) is -0.953. The number of halogens is 1. The molecule has 0 aliphatic heterocycles. The van der Waals surface area contributed by atoms with Crippen LogP contribution in [0.15, 0.2) is 0 Å². The van der Waals surface area contributed by atoms with E-state index in [4.69, 9.17) is 11.6 Å². The number of carbonyl (C=O) groups is 2. The maximum absolute atomic E-state index is 11.2. The van der Waals surface area contributed by atoms with Crippen LogP contribution in [0.4, 0.5) is 0 Å². The fourth-order valence-corrected chi connectivity index (χ4v) is 2.10. The van der Waals surface area contributed by atoms with Crippen LogP contribution in [-0.4, -0.2) is 18.3 Å². The Labute approximate surface area is 82.4 Å². The van der Waals surface area contributed by atoms with Crippen LogP contribution in [0.25, 0.3) is 0 Å². The minimum absolute atomic E-state index is 0.307. The van der Waals surface area contributed by atoms with Gasteiger partial charge in [-0.15, -0.1) is 0 Å². The number of rotatable bonds is 2. The molecular weight excluding hydrogens is 192 g/mol. The van der Waals surface area contributed by atoms with E-state index in [0.29, 0.717) is 6.42 Å². The predicted octanol–water partition coefficient (Wildman–Crippen LogP) is 1.73. The molecule has 0 spiro atoms. The van der Waals surface area contributed by atoms with Crippen molar-refractivity contribution in [3.05, 3.63) is 0 Å². The number of esters is 1. The van der Waals surface area contributed by atoms with Crippen molar-refractivity contribution >= 4 is 22.8 Å². The van der Waals surface area contributed by atoms with Crippen LogP contribution < -0.4 is 0 Å². The van der Waals surface area contributed by atoms with Gasteiger partial charge in [-0.2, -0.15) is 0 Å². The Kier molecular flexibility index (Phi) is 3.72. The molecule has 0 N–H and O–H groups in total. The lowest BCUT2D eigenvalue weighted by Gasteiger charge is -2.26. The predicted molar refractivity (Wildman–Crippen MR) is 48.3 cm³/mol. The highest BCUT2D eigenvalue weighted by Crippen LogP contribution is 2.32. The standard InChI is InChI=1S/C9H13ClO3/c1-13-9(12)7-5-3-2-4-6(7)8(10)11/h6-7H,2-5H2,1H3/t6-,7+/m1/s1. The first-order chi connectivity index (χ1) is 6.16. The largest absolute Gasteiger partial charge is 0.469 e. The third-order valence-corrected chi connectivity index (χ3v) is 2.84. The molecule has 0 bridgehead atoms. The molecule has 0 aromatic heterocycles. The van der Waals surface area contributed by atoms with Crippen LogP contribution in [0.1, 0.15) is 25.7 Å². The van der Waals surface area contributed by atoms with Gasteiger partial charge in [0.2, 0.25) is 5.24 Å². The summed E-state index contributed by atoms with van der Waals surface area (Å²) in [6.07, 6.45) is 3.37. The monoisotopic (exact) mass is 204 g/mol. The second-order valence-electron chi connectivity index (χ2n) is 3.32. The van der Waals surface area contributed by atoms with E-state index in [1.807, 2.05) is 0 Å². The van der Waals surface area contributed by atoms with Crippen molar-refractivity contribution in [1.82, 2.24) is 0 Å². The number of hydrogen-bond acceptors (Lipinski definition) is 3. The molecule has 1 rings (SSSR count). The highest BCUT2D eigenvalue weighted by atomic mass is 35.5. The normalized spacial score (nSPS) is 28.2. The summed E-state index contributed by atoms with van der Waals surface area (Å²) >= 11 is 5.41. The van der Waals surface area contributed by atoms with Crippen molar-refractivity contribution in [3.63, 3.8) is 0 Å². The summed E-state index contributed by atoms with van der Waals surface area (Å²) in [7, 11) is 1.34. The minimum Gasteiger partial charge on any atom is -0.469 e. The first-order valence-corrected chi connectivity index (χ1v) is 4.81. The Balaban J connectivity index is 2.67. The Hall–Kier alpha value is -0.570. The molecule has 1 saturated carbocycles. The Bertz CT molecular complexity index is 215. The number of ether oxygens (including phenoxy) is 1. The van der Waals surface area contributed by atoms with Gasteiger partial charge in [0.1, 0.15) is 0 Å². The first kappa shape index (κ1) is 10.5. The maximum Gasteiger partial charge on any atom is 0.309 e. The van der Waals surface area contributed by atoms with Crippen LogP contribution in [0, 0.1) is 11.8 Å². The lowest BCUT2D eigenvalue weighted by molar-refractivity contribution is -0.150. The molecule has 13 heavy (non-hydrogen) atoms. The molecule has 0 saturated heterocycles. The van der Waals surface area contributed by atoms with E-state index in [-0.39, 0.29) is 17.8 Å². The fraction of sp³-hybridized carbons (Fsp3) is 0.778. The van der Waals surface area contributed by atoms with Crippen molar-refractivity contribution in [1.29, 1.82) is 0 Å². The number of carbonyl (C=O) groups excluding carboxylic acids is 2. The van der Waals surface area contributed by atoms with Crippen LogP contribution in [0.3, 0.4) is 0 Å². The Morgan fingerprint density at radius 2 is 1.77 bits per heavy atom. The third kappa shape index (κ3) is 2.44. The first-order valence-electron chi connectivity index (χ1n) is 4.44. The quantitative estimate of drug-likeness (QED) is 0.508. The third-order valence-electron chi connectivity index (χ3n) is 2.56. The summed E-state index contributed by atoms with van der Waals surface area (Å²) < 4.78 is 4.62. The second-order valence-corrected chi connectivity index (χ2v) is 3.70. The van der Waals surface area contributed by atoms with Gasteiger partial charge in [-0.05, 0) is 24.4 Å². The highest BCUT2D eigenvalue weighted by Gasteiger charge is 2.35. The summed E-state index contributed by atoms with van der Waals surface area (Å²) in [5.41, 5.74) is 0. The zero-order valence-corrected chi connectivity index (χ0v) is 8.34. The van der Waals surface area contributed by atoms with Crippen LogP contribution in [0.5, 0.6) is 0 Å². The molecule has 0 amide bonds. The van der Waals surface area contributed by atoms with Gasteiger partial charge in [0.05, 0.1) is 13.0 Å². The van der Waals surface area contributed by atoms with Gasteiger partial charge >= 0.3 is 5.97 Å². The zero-order chi connectivity index (χ0) is 9.84. The van der Waals surface area contributed by atoms with Gasteiger partial charge in [-0.1, -0.05) is 12.8 Å². The Morgan fingerprint density at radius 3 is 2.23 bits per heavy atom. The Morgan fingerprint density at radius 1 is 1.23 bits per heavy atom. The average molecular weight is 205 g/mol. The van der Waals surface area contributed by atoms with E-state index in [9.17, 15) is 9.59 Å². The molecule has 1 fully saturated rings. The van der Waals surface area contributed by atoms with E-state index in [1.165, 1.54) is 7.11 Å². The number of methoxy groups -OCH3 is 1. The van der Waals surface area contributed by atoms with E-state index < -0.39 is 5.24 Å². The molecule has 0 aromatic rings. The van der Waals surface area contributed by atoms with Crippen molar-refractivity contribution in [2.24, 2.45) is 11.8 Å². The van der Waals surface area contributed by atoms with Crippen molar-refractivity contribution in [2.45, 2.75) is 25.7 Å². The minimum atomic E-state index is -0.407. The van der Waals surface area contributed by atoms with E-state index >= 15 is 0 Å². The maximum atomic E-state index is 11.2. The van der Waals surface area contributed by atoms with Crippen LogP contribution in [-0.2, 0) is 14.3 Å². The molecule has 0 radical (unpaired) electrons. The molecule has 0 unspecified atom stereocenters. The van der Waals surface area contributed by atoms with Gasteiger partial charge in [0, 0.05) is 5.92 Å². The smallest absolute Gasteiger partial charge is 0.309 e. The summed E-state index contributed by atoms with van der Waals surface area (Å²) in [5, 5.41) is -0.407. The second kappa shape index (κ2) is 4.61. The van der Waals surface area contributed by atoms with Crippen LogP contribution in [0.2, 0.25) is 0 Å². The van der Waals surface area contributed by atoms with Gasteiger partial charge in [-0.25, -0.2) is 0 Å². The van der Waals surface area contributed by atoms with E-state index in [0.717, 1.165) is 19.3 Å². The highest BCUT2D eigenvalue weighted by molar-refractivity contribution is 6.64. The van der Waals surface area contributed by atoms with Gasteiger partial charge < -0.3 is 4.74 Å². The molecule has 74 valence electrons. The summed E-state index contributed by atoms with van der Waals surface area (Å²) in [6, 6.07) is 0. The molecule has 0 heterocycles. The fourth-order valence-electron chi connectivity index (χ4n) is 1.84. The molecule has 1 aliphatic rings. The summed E-state index contributed by atoms with van der Waals surface area (Å²) in [6.45, 7) is 0. The molecule has 3 nitrogen and oxygen atoms in total. The van der Waals surface area contributed by atoms with Crippen molar-refractivity contribution in [2.75, 3.05) is 7.11 Å². The molecular formula is C9H13ClO3. The lowest BCUT2D eigenvalue weighted by Crippen LogP contribution is -2.31. The lowest BCUT2D eigenvalue weighted by atomic mass is 9.80. The molecule has 1 aliphatic carbocycles. The van der Waals surface area contributed by atoms with Crippen molar-refractivity contribution in [3.8, 4) is 0 Å². The molecule has 4 heteroatoms. The van der Waals surface area contributed by atoms with Crippen molar-refractivity contribution < 1.29 is 14.3 Å². The van der Waals surface area contributed by atoms with E-state index in [1.54, 1.807) is 0 Å². The van der Waals surface area contributed by atoms with Crippen LogP contribution >= 0.6 is 11.6 Å². The molecule has 0 aromatic carbocycles. The van der Waals surface area contributed by atoms with Gasteiger partial charge in [0.15, 0.2) is 0 Å². The topological polar surface area (TPSA) is 43.4 Å². The average Bonchev–Trinajstić information content (AvgIpc) is 2.16. The summed E-state index contributed by atoms with van der Waals surface area (Å²) in [4.78, 5) is 22.2. The molecule has 2 atom stereocenters. The van der Waals surface area contributed by atoms with Gasteiger partial charge in [-0.3, -0.25) is 9.59 Å². The zero-order valence-electron chi connectivity index (χ0n) is 7.59. The van der Waals surface area contributed by atoms with Gasteiger partial charge in [0.25, 0.3) is 0 Å².